The molecule has 0 saturated heterocycles. The zero-order valence-electron chi connectivity index (χ0n) is 13.4. The molecule has 1 unspecified atom stereocenters. The summed E-state index contributed by atoms with van der Waals surface area (Å²) in [4.78, 5) is 14.2. The second-order valence-electron chi connectivity index (χ2n) is 5.31. The molecule has 0 aliphatic heterocycles. The first-order valence-corrected chi connectivity index (χ1v) is 9.15. The summed E-state index contributed by atoms with van der Waals surface area (Å²) in [5.41, 5.74) is 0.924. The van der Waals surface area contributed by atoms with Crippen LogP contribution in [0.5, 0.6) is 0 Å². The number of nitro groups is 1. The maximum atomic E-state index is 11.2. The lowest BCUT2D eigenvalue weighted by Crippen LogP contribution is -2.42. The Labute approximate surface area is 136 Å². The molecule has 1 atom stereocenters. The summed E-state index contributed by atoms with van der Waals surface area (Å²) < 4.78 is 22.3. The van der Waals surface area contributed by atoms with Crippen LogP contribution in [-0.2, 0) is 16.4 Å². The van der Waals surface area contributed by atoms with Gasteiger partial charge in [-0.05, 0) is 18.9 Å². The second kappa shape index (κ2) is 8.47. The van der Waals surface area contributed by atoms with Crippen molar-refractivity contribution in [3.63, 3.8) is 0 Å². The molecule has 0 amide bonds. The van der Waals surface area contributed by atoms with Crippen LogP contribution < -0.4 is 10.6 Å². The molecule has 23 heavy (non-hydrogen) atoms. The number of sulfone groups is 1. The SMILES string of the molecule is CN=C(NCc1ccc([N+](=O)[O-])cc1)NC(C)CCS(C)(=O)=O. The monoisotopic (exact) mass is 342 g/mol. The van der Waals surface area contributed by atoms with Crippen LogP contribution in [0.3, 0.4) is 0 Å². The van der Waals surface area contributed by atoms with Crippen LogP contribution >= 0.6 is 0 Å². The maximum absolute atomic E-state index is 11.2. The summed E-state index contributed by atoms with van der Waals surface area (Å²) in [5, 5.41) is 16.8. The van der Waals surface area contributed by atoms with Gasteiger partial charge in [0.15, 0.2) is 5.96 Å². The summed E-state index contributed by atoms with van der Waals surface area (Å²) >= 11 is 0. The van der Waals surface area contributed by atoms with Gasteiger partial charge in [0.1, 0.15) is 9.84 Å². The van der Waals surface area contributed by atoms with Crippen molar-refractivity contribution in [2.75, 3.05) is 19.1 Å². The zero-order chi connectivity index (χ0) is 17.5. The molecule has 1 aromatic carbocycles. The van der Waals surface area contributed by atoms with E-state index in [1.54, 1.807) is 19.2 Å². The first-order valence-electron chi connectivity index (χ1n) is 7.09. The third kappa shape index (κ3) is 7.59. The molecule has 1 rings (SSSR count). The number of hydrogen-bond acceptors (Lipinski definition) is 5. The highest BCUT2D eigenvalue weighted by atomic mass is 32.2. The average molecular weight is 342 g/mol. The second-order valence-corrected chi connectivity index (χ2v) is 7.57. The molecular formula is C14H22N4O4S. The molecule has 0 bridgehead atoms. The fraction of sp³-hybridized carbons (Fsp3) is 0.500. The smallest absolute Gasteiger partial charge is 0.269 e. The standard InChI is InChI=1S/C14H22N4O4S/c1-11(8-9-23(3,21)22)17-14(15-2)16-10-12-4-6-13(7-5-12)18(19)20/h4-7,11H,8-10H2,1-3H3,(H2,15,16,17). The predicted octanol–water partition coefficient (Wildman–Crippen LogP) is 1.08. The van der Waals surface area contributed by atoms with Crippen molar-refractivity contribution < 1.29 is 13.3 Å². The van der Waals surface area contributed by atoms with E-state index in [4.69, 9.17) is 0 Å². The highest BCUT2D eigenvalue weighted by Gasteiger charge is 2.10. The summed E-state index contributed by atoms with van der Waals surface area (Å²) in [6.07, 6.45) is 1.69. The van der Waals surface area contributed by atoms with Crippen molar-refractivity contribution in [1.82, 2.24) is 10.6 Å². The zero-order valence-corrected chi connectivity index (χ0v) is 14.3. The number of rotatable bonds is 7. The average Bonchev–Trinajstić information content (AvgIpc) is 2.49. The number of nitrogens with one attached hydrogen (secondary N) is 2. The van der Waals surface area contributed by atoms with Gasteiger partial charge in [-0.1, -0.05) is 12.1 Å². The Morgan fingerprint density at radius 1 is 1.35 bits per heavy atom. The molecule has 0 radical (unpaired) electrons. The van der Waals surface area contributed by atoms with E-state index in [0.717, 1.165) is 5.56 Å². The van der Waals surface area contributed by atoms with Gasteiger partial charge in [-0.25, -0.2) is 8.42 Å². The van der Waals surface area contributed by atoms with E-state index in [1.165, 1.54) is 18.4 Å². The summed E-state index contributed by atoms with van der Waals surface area (Å²) in [6.45, 7) is 2.33. The Bertz CT molecular complexity index is 656. The van der Waals surface area contributed by atoms with Gasteiger partial charge in [0.2, 0.25) is 0 Å². The fourth-order valence-corrected chi connectivity index (χ4v) is 2.59. The van der Waals surface area contributed by atoms with E-state index in [9.17, 15) is 18.5 Å². The molecule has 0 aliphatic rings. The molecule has 0 spiro atoms. The normalized spacial score (nSPS) is 13.4. The lowest BCUT2D eigenvalue weighted by Gasteiger charge is -2.17. The molecule has 8 nitrogen and oxygen atoms in total. The van der Waals surface area contributed by atoms with Crippen molar-refractivity contribution in [1.29, 1.82) is 0 Å². The van der Waals surface area contributed by atoms with Crippen molar-refractivity contribution >= 4 is 21.5 Å². The first-order chi connectivity index (χ1) is 10.7. The van der Waals surface area contributed by atoms with E-state index < -0.39 is 14.8 Å². The Kier molecular flexibility index (Phi) is 6.95. The van der Waals surface area contributed by atoms with Crippen LogP contribution in [0.4, 0.5) is 5.69 Å². The molecule has 2 N–H and O–H groups in total. The number of hydrogen-bond donors (Lipinski definition) is 2. The highest BCUT2D eigenvalue weighted by molar-refractivity contribution is 7.90. The van der Waals surface area contributed by atoms with Gasteiger partial charge in [-0.15, -0.1) is 0 Å². The highest BCUT2D eigenvalue weighted by Crippen LogP contribution is 2.11. The Balaban J connectivity index is 2.49. The Morgan fingerprint density at radius 3 is 2.43 bits per heavy atom. The number of nitro benzene ring substituents is 1. The van der Waals surface area contributed by atoms with Crippen LogP contribution in [0.25, 0.3) is 0 Å². The summed E-state index contributed by atoms with van der Waals surface area (Å²) in [7, 11) is -1.36. The Hall–Kier alpha value is -2.16. The van der Waals surface area contributed by atoms with E-state index in [-0.39, 0.29) is 17.5 Å². The first kappa shape index (κ1) is 18.9. The molecule has 0 saturated carbocycles. The lowest BCUT2D eigenvalue weighted by molar-refractivity contribution is -0.384. The third-order valence-corrected chi connectivity index (χ3v) is 4.11. The van der Waals surface area contributed by atoms with Gasteiger partial charge in [0, 0.05) is 38.0 Å². The van der Waals surface area contributed by atoms with Gasteiger partial charge < -0.3 is 10.6 Å². The van der Waals surface area contributed by atoms with E-state index in [1.807, 2.05) is 6.92 Å². The van der Waals surface area contributed by atoms with Crippen molar-refractivity contribution in [2.45, 2.75) is 25.9 Å². The van der Waals surface area contributed by atoms with Crippen molar-refractivity contribution in [2.24, 2.45) is 4.99 Å². The quantitative estimate of drug-likeness (QED) is 0.332. The maximum Gasteiger partial charge on any atom is 0.269 e. The predicted molar refractivity (Wildman–Crippen MR) is 90.2 cm³/mol. The minimum atomic E-state index is -2.98. The van der Waals surface area contributed by atoms with E-state index in [0.29, 0.717) is 18.9 Å². The van der Waals surface area contributed by atoms with E-state index in [2.05, 4.69) is 15.6 Å². The van der Waals surface area contributed by atoms with Crippen molar-refractivity contribution in [3.05, 3.63) is 39.9 Å². The van der Waals surface area contributed by atoms with Crippen LogP contribution in [0.2, 0.25) is 0 Å². The Morgan fingerprint density at radius 2 is 1.96 bits per heavy atom. The number of nitrogens with zero attached hydrogens (tertiary/aromatic N) is 2. The van der Waals surface area contributed by atoms with Gasteiger partial charge in [-0.2, -0.15) is 0 Å². The molecule has 1 aromatic rings. The molecule has 9 heteroatoms. The van der Waals surface area contributed by atoms with Crippen LogP contribution in [-0.4, -0.2) is 44.4 Å². The largest absolute Gasteiger partial charge is 0.354 e. The number of benzene rings is 1. The van der Waals surface area contributed by atoms with Gasteiger partial charge >= 0.3 is 0 Å². The van der Waals surface area contributed by atoms with Gasteiger partial charge in [-0.3, -0.25) is 15.1 Å². The molecule has 128 valence electrons. The molecular weight excluding hydrogens is 320 g/mol. The van der Waals surface area contributed by atoms with E-state index >= 15 is 0 Å². The number of non-ortho nitro benzene ring substituents is 1. The lowest BCUT2D eigenvalue weighted by atomic mass is 10.2. The summed E-state index contributed by atoms with van der Waals surface area (Å²) in [5.74, 6) is 0.657. The topological polar surface area (TPSA) is 114 Å². The molecule has 0 heterocycles. The van der Waals surface area contributed by atoms with Gasteiger partial charge in [0.25, 0.3) is 5.69 Å². The molecule has 0 fully saturated rings. The van der Waals surface area contributed by atoms with Crippen molar-refractivity contribution in [3.8, 4) is 0 Å². The van der Waals surface area contributed by atoms with Crippen LogP contribution in [0, 0.1) is 10.1 Å². The van der Waals surface area contributed by atoms with Crippen LogP contribution in [0.15, 0.2) is 29.3 Å². The number of guanidine groups is 1. The number of aliphatic imine (C=N–C) groups is 1. The van der Waals surface area contributed by atoms with Gasteiger partial charge in [0.05, 0.1) is 10.7 Å². The summed E-state index contributed by atoms with van der Waals surface area (Å²) in [6, 6.07) is 6.19. The molecule has 0 aromatic heterocycles. The minimum absolute atomic E-state index is 0.0469. The minimum Gasteiger partial charge on any atom is -0.354 e. The van der Waals surface area contributed by atoms with Crippen LogP contribution in [0.1, 0.15) is 18.9 Å². The molecule has 0 aliphatic carbocycles. The third-order valence-electron chi connectivity index (χ3n) is 3.14. The fourth-order valence-electron chi connectivity index (χ4n) is 1.81.